The molecule has 70 valence electrons. The van der Waals surface area contributed by atoms with Crippen LogP contribution in [0.25, 0.3) is 0 Å². The summed E-state index contributed by atoms with van der Waals surface area (Å²) in [5.74, 6) is -1.04. The summed E-state index contributed by atoms with van der Waals surface area (Å²) in [5, 5.41) is 11.4. The number of carbonyl (C=O) groups is 1. The zero-order chi connectivity index (χ0) is 9.68. The van der Waals surface area contributed by atoms with Crippen LogP contribution >= 0.6 is 0 Å². The number of ether oxygens (including phenoxy) is 1. The maximum atomic E-state index is 10.5. The first-order valence-corrected chi connectivity index (χ1v) is 3.81. The van der Waals surface area contributed by atoms with E-state index in [0.29, 0.717) is 0 Å². The van der Waals surface area contributed by atoms with E-state index in [4.69, 9.17) is 9.84 Å². The Hall–Kier alpha value is -1.55. The number of hydrogen-bond donors (Lipinski definition) is 2. The van der Waals surface area contributed by atoms with E-state index in [-0.39, 0.29) is 0 Å². The monoisotopic (exact) mass is 181 g/mol. The lowest BCUT2D eigenvalue weighted by Gasteiger charge is -2.13. The fraction of sp³-hybridized carbons (Fsp3) is 0.222. The molecule has 0 heterocycles. The van der Waals surface area contributed by atoms with Gasteiger partial charge in [0, 0.05) is 12.8 Å². The lowest BCUT2D eigenvalue weighted by molar-refractivity contribution is -0.146. The lowest BCUT2D eigenvalue weighted by atomic mass is 10.3. The molecule has 1 aromatic rings. The van der Waals surface area contributed by atoms with Gasteiger partial charge in [0.15, 0.2) is 0 Å². The average Bonchev–Trinajstić information content (AvgIpc) is 2.15. The molecule has 13 heavy (non-hydrogen) atoms. The van der Waals surface area contributed by atoms with Crippen molar-refractivity contribution < 1.29 is 14.6 Å². The Kier molecular flexibility index (Phi) is 3.28. The Morgan fingerprint density at radius 1 is 1.46 bits per heavy atom. The predicted octanol–water partition coefficient (Wildman–Crippen LogP) is 1.16. The number of para-hydroxylation sites is 1. The molecule has 1 aromatic carbocycles. The topological polar surface area (TPSA) is 58.6 Å². The van der Waals surface area contributed by atoms with Gasteiger partial charge in [0.25, 0.3) is 0 Å². The number of carboxylic acid groups (broad SMARTS) is 1. The third-order valence-electron chi connectivity index (χ3n) is 1.53. The first kappa shape index (κ1) is 9.54. The van der Waals surface area contributed by atoms with E-state index in [2.05, 4.69) is 5.32 Å². The van der Waals surface area contributed by atoms with Crippen LogP contribution in [0, 0.1) is 0 Å². The SMILES string of the molecule is COC(Nc1ccccc1)C(=O)O. The van der Waals surface area contributed by atoms with Gasteiger partial charge < -0.3 is 15.2 Å². The summed E-state index contributed by atoms with van der Waals surface area (Å²) in [6, 6.07) is 9.03. The predicted molar refractivity (Wildman–Crippen MR) is 48.5 cm³/mol. The number of anilines is 1. The molecular formula is C9H11NO3. The highest BCUT2D eigenvalue weighted by Crippen LogP contribution is 2.07. The molecule has 0 bridgehead atoms. The van der Waals surface area contributed by atoms with Gasteiger partial charge >= 0.3 is 5.97 Å². The highest BCUT2D eigenvalue weighted by Gasteiger charge is 2.14. The van der Waals surface area contributed by atoms with Gasteiger partial charge in [-0.2, -0.15) is 0 Å². The van der Waals surface area contributed by atoms with E-state index >= 15 is 0 Å². The van der Waals surface area contributed by atoms with Crippen LogP contribution in [0.3, 0.4) is 0 Å². The quantitative estimate of drug-likeness (QED) is 0.684. The highest BCUT2D eigenvalue weighted by atomic mass is 16.5. The molecule has 0 radical (unpaired) electrons. The van der Waals surface area contributed by atoms with Crippen molar-refractivity contribution in [2.75, 3.05) is 12.4 Å². The van der Waals surface area contributed by atoms with Crippen LogP contribution in [0.4, 0.5) is 5.69 Å². The van der Waals surface area contributed by atoms with Gasteiger partial charge in [0.05, 0.1) is 0 Å². The molecule has 2 N–H and O–H groups in total. The smallest absolute Gasteiger partial charge is 0.353 e. The van der Waals surface area contributed by atoms with E-state index in [0.717, 1.165) is 5.69 Å². The second-order valence-corrected chi connectivity index (χ2v) is 2.46. The minimum atomic E-state index is -1.04. The van der Waals surface area contributed by atoms with Crippen LogP contribution < -0.4 is 5.32 Å². The van der Waals surface area contributed by atoms with Crippen LogP contribution in [0.2, 0.25) is 0 Å². The normalized spacial score (nSPS) is 12.1. The summed E-state index contributed by atoms with van der Waals surface area (Å²) in [5.41, 5.74) is 0.719. The van der Waals surface area contributed by atoms with Crippen LogP contribution in [0.15, 0.2) is 30.3 Å². The van der Waals surface area contributed by atoms with Crippen molar-refractivity contribution in [1.82, 2.24) is 0 Å². The van der Waals surface area contributed by atoms with Crippen LogP contribution in [-0.4, -0.2) is 24.4 Å². The largest absolute Gasteiger partial charge is 0.478 e. The fourth-order valence-corrected chi connectivity index (χ4v) is 0.907. The molecule has 0 saturated carbocycles. The first-order valence-electron chi connectivity index (χ1n) is 3.81. The third-order valence-corrected chi connectivity index (χ3v) is 1.53. The van der Waals surface area contributed by atoms with Crippen molar-refractivity contribution in [3.05, 3.63) is 30.3 Å². The standard InChI is InChI=1S/C9H11NO3/c1-13-8(9(11)12)10-7-5-3-2-4-6-7/h2-6,8,10H,1H3,(H,11,12). The summed E-state index contributed by atoms with van der Waals surface area (Å²) >= 11 is 0. The second kappa shape index (κ2) is 4.47. The molecular weight excluding hydrogens is 170 g/mol. The molecule has 0 aliphatic heterocycles. The molecule has 0 aromatic heterocycles. The van der Waals surface area contributed by atoms with Crippen molar-refractivity contribution in [1.29, 1.82) is 0 Å². The molecule has 0 amide bonds. The van der Waals surface area contributed by atoms with Crippen molar-refractivity contribution in [2.24, 2.45) is 0 Å². The zero-order valence-corrected chi connectivity index (χ0v) is 7.23. The number of hydrogen-bond acceptors (Lipinski definition) is 3. The summed E-state index contributed by atoms with van der Waals surface area (Å²) in [7, 11) is 1.34. The molecule has 0 aliphatic rings. The third kappa shape index (κ3) is 2.76. The van der Waals surface area contributed by atoms with Gasteiger partial charge in [-0.05, 0) is 12.1 Å². The minimum Gasteiger partial charge on any atom is -0.478 e. The van der Waals surface area contributed by atoms with E-state index in [1.54, 1.807) is 12.1 Å². The molecule has 1 atom stereocenters. The van der Waals surface area contributed by atoms with E-state index < -0.39 is 12.2 Å². The second-order valence-electron chi connectivity index (χ2n) is 2.46. The molecule has 1 unspecified atom stereocenters. The van der Waals surface area contributed by atoms with Gasteiger partial charge in [0.2, 0.25) is 6.23 Å². The van der Waals surface area contributed by atoms with Gasteiger partial charge in [-0.25, -0.2) is 4.79 Å². The molecule has 1 rings (SSSR count). The molecule has 4 heteroatoms. The average molecular weight is 181 g/mol. The number of aliphatic carboxylic acids is 1. The maximum absolute atomic E-state index is 10.5. The van der Waals surface area contributed by atoms with E-state index in [1.807, 2.05) is 18.2 Å². The highest BCUT2D eigenvalue weighted by molar-refractivity contribution is 5.75. The Labute approximate surface area is 76.1 Å². The number of benzene rings is 1. The van der Waals surface area contributed by atoms with Gasteiger partial charge in [-0.1, -0.05) is 18.2 Å². The molecule has 0 spiro atoms. The summed E-state index contributed by atoms with van der Waals surface area (Å²) in [6.07, 6.45) is -0.998. The van der Waals surface area contributed by atoms with E-state index in [1.165, 1.54) is 7.11 Å². The van der Waals surface area contributed by atoms with Gasteiger partial charge in [0.1, 0.15) is 0 Å². The molecule has 0 saturated heterocycles. The first-order chi connectivity index (χ1) is 6.24. The Balaban J connectivity index is 2.62. The van der Waals surface area contributed by atoms with Crippen LogP contribution in [0.1, 0.15) is 0 Å². The van der Waals surface area contributed by atoms with Crippen molar-refractivity contribution in [3.8, 4) is 0 Å². The number of carboxylic acids is 1. The zero-order valence-electron chi connectivity index (χ0n) is 7.23. The van der Waals surface area contributed by atoms with E-state index in [9.17, 15) is 4.79 Å². The summed E-state index contributed by atoms with van der Waals surface area (Å²) < 4.78 is 4.71. The lowest BCUT2D eigenvalue weighted by Crippen LogP contribution is -2.30. The van der Waals surface area contributed by atoms with Crippen molar-refractivity contribution in [2.45, 2.75) is 6.23 Å². The van der Waals surface area contributed by atoms with Crippen molar-refractivity contribution in [3.63, 3.8) is 0 Å². The Morgan fingerprint density at radius 3 is 2.54 bits per heavy atom. The van der Waals surface area contributed by atoms with Crippen molar-refractivity contribution >= 4 is 11.7 Å². The Bertz CT molecular complexity index is 273. The summed E-state index contributed by atoms with van der Waals surface area (Å²) in [6.45, 7) is 0. The molecule has 0 fully saturated rings. The maximum Gasteiger partial charge on any atom is 0.353 e. The molecule has 0 aliphatic carbocycles. The Morgan fingerprint density at radius 2 is 2.08 bits per heavy atom. The minimum absolute atomic E-state index is 0.719. The number of nitrogens with one attached hydrogen (secondary N) is 1. The van der Waals surface area contributed by atoms with Gasteiger partial charge in [-0.3, -0.25) is 0 Å². The van der Waals surface area contributed by atoms with Crippen LogP contribution in [0.5, 0.6) is 0 Å². The summed E-state index contributed by atoms with van der Waals surface area (Å²) in [4.78, 5) is 10.5. The molecule has 4 nitrogen and oxygen atoms in total. The van der Waals surface area contributed by atoms with Gasteiger partial charge in [-0.15, -0.1) is 0 Å². The number of methoxy groups -OCH3 is 1. The fourth-order valence-electron chi connectivity index (χ4n) is 0.907. The van der Waals surface area contributed by atoms with Crippen LogP contribution in [-0.2, 0) is 9.53 Å². The number of rotatable bonds is 4.